The molecule has 0 aliphatic carbocycles. The molecule has 2 heteroatoms. The fourth-order valence-corrected chi connectivity index (χ4v) is 0.818. The average molecular weight is 195 g/mol. The molecule has 1 nitrogen and oxygen atoms in total. The zero-order valence-corrected chi connectivity index (χ0v) is 9.45. The first-order valence-corrected chi connectivity index (χ1v) is 5.20. The molecule has 0 bridgehead atoms. The number of allylic oxidation sites excluding steroid dienone is 3. The van der Waals surface area contributed by atoms with Gasteiger partial charge in [0, 0.05) is 18.4 Å². The Balaban J connectivity index is 4.23. The van der Waals surface area contributed by atoms with E-state index in [1.54, 1.807) is 11.8 Å². The van der Waals surface area contributed by atoms with E-state index in [9.17, 15) is 0 Å². The van der Waals surface area contributed by atoms with Gasteiger partial charge in [0.05, 0.1) is 0 Å². The summed E-state index contributed by atoms with van der Waals surface area (Å²) in [5.74, 6) is 0. The molecule has 0 aromatic heterocycles. The summed E-state index contributed by atoms with van der Waals surface area (Å²) in [5.41, 5.74) is 1.90. The largest absolute Gasteiger partial charge is 0.350 e. The molecule has 0 amide bonds. The Morgan fingerprint density at radius 3 is 2.15 bits per heavy atom. The van der Waals surface area contributed by atoms with Gasteiger partial charge in [-0.3, -0.25) is 0 Å². The Labute approximate surface area is 85.5 Å². The quantitative estimate of drug-likeness (QED) is 0.619. The Bertz CT molecular complexity index is 251. The third kappa shape index (κ3) is 4.63. The van der Waals surface area contributed by atoms with Crippen LogP contribution in [0.2, 0.25) is 0 Å². The molecule has 0 radical (unpaired) electrons. The summed E-state index contributed by atoms with van der Waals surface area (Å²) in [6, 6.07) is 0. The van der Waals surface area contributed by atoms with E-state index in [1.807, 2.05) is 37.3 Å². The molecule has 0 atom stereocenters. The van der Waals surface area contributed by atoms with Crippen LogP contribution in [0.1, 0.15) is 6.92 Å². The first-order valence-electron chi connectivity index (χ1n) is 3.98. The van der Waals surface area contributed by atoms with E-state index in [1.165, 1.54) is 0 Å². The molecule has 0 saturated heterocycles. The lowest BCUT2D eigenvalue weighted by molar-refractivity contribution is 0.542. The van der Waals surface area contributed by atoms with E-state index in [-0.39, 0.29) is 0 Å². The highest BCUT2D eigenvalue weighted by atomic mass is 32.2. The SMILES string of the molecule is C=C(/C=C\C(=C)N(C)C(=C)C)SC. The Morgan fingerprint density at radius 2 is 1.77 bits per heavy atom. The van der Waals surface area contributed by atoms with Crippen LogP contribution < -0.4 is 0 Å². The second kappa shape index (κ2) is 5.70. The van der Waals surface area contributed by atoms with Crippen molar-refractivity contribution in [3.05, 3.63) is 48.2 Å². The molecule has 0 aliphatic rings. The lowest BCUT2D eigenvalue weighted by Gasteiger charge is -2.18. The van der Waals surface area contributed by atoms with Gasteiger partial charge < -0.3 is 4.90 Å². The van der Waals surface area contributed by atoms with Gasteiger partial charge in [0.15, 0.2) is 0 Å². The fourth-order valence-electron chi connectivity index (χ4n) is 0.614. The van der Waals surface area contributed by atoms with E-state index >= 15 is 0 Å². The van der Waals surface area contributed by atoms with Gasteiger partial charge in [0.2, 0.25) is 0 Å². The highest BCUT2D eigenvalue weighted by Gasteiger charge is 1.97. The number of likely N-dealkylation sites (N-methyl/N-ethyl adjacent to an activating group) is 1. The maximum Gasteiger partial charge on any atom is 0.0332 e. The van der Waals surface area contributed by atoms with Crippen LogP contribution in [-0.2, 0) is 0 Å². The normalized spacial score (nSPS) is 10.1. The maximum absolute atomic E-state index is 3.91. The summed E-state index contributed by atoms with van der Waals surface area (Å²) in [5, 5.41) is 0. The summed E-state index contributed by atoms with van der Waals surface area (Å²) in [4.78, 5) is 2.96. The minimum absolute atomic E-state index is 0.919. The van der Waals surface area contributed by atoms with E-state index in [2.05, 4.69) is 19.7 Å². The minimum atomic E-state index is 0.919. The van der Waals surface area contributed by atoms with Crippen molar-refractivity contribution >= 4 is 11.8 Å². The van der Waals surface area contributed by atoms with Gasteiger partial charge in [-0.05, 0) is 30.2 Å². The Hall–Kier alpha value is -0.890. The molecule has 0 aliphatic heterocycles. The first-order chi connectivity index (χ1) is 5.99. The zero-order chi connectivity index (χ0) is 10.4. The highest BCUT2D eigenvalue weighted by molar-refractivity contribution is 8.02. The van der Waals surface area contributed by atoms with Crippen molar-refractivity contribution in [1.82, 2.24) is 4.90 Å². The topological polar surface area (TPSA) is 3.24 Å². The number of nitrogens with zero attached hydrogens (tertiary/aromatic N) is 1. The van der Waals surface area contributed by atoms with Crippen LogP contribution in [0.15, 0.2) is 48.2 Å². The van der Waals surface area contributed by atoms with Gasteiger partial charge in [-0.2, -0.15) is 0 Å². The van der Waals surface area contributed by atoms with Gasteiger partial charge >= 0.3 is 0 Å². The van der Waals surface area contributed by atoms with Crippen LogP contribution in [0.25, 0.3) is 0 Å². The molecular formula is C11H17NS. The monoisotopic (exact) mass is 195 g/mol. The molecule has 0 heterocycles. The molecule has 0 N–H and O–H groups in total. The second-order valence-corrected chi connectivity index (χ2v) is 3.72. The summed E-state index contributed by atoms with van der Waals surface area (Å²) < 4.78 is 0. The predicted molar refractivity (Wildman–Crippen MR) is 63.5 cm³/mol. The molecule has 0 aromatic rings. The number of hydrogen-bond donors (Lipinski definition) is 0. The molecule has 0 aromatic carbocycles. The summed E-state index contributed by atoms with van der Waals surface area (Å²) in [6.45, 7) is 13.5. The highest BCUT2D eigenvalue weighted by Crippen LogP contribution is 2.13. The average Bonchev–Trinajstić information content (AvgIpc) is 2.11. The Morgan fingerprint density at radius 1 is 1.23 bits per heavy atom. The molecule has 72 valence electrons. The van der Waals surface area contributed by atoms with Crippen LogP contribution in [-0.4, -0.2) is 18.2 Å². The third-order valence-electron chi connectivity index (χ3n) is 1.73. The summed E-state index contributed by atoms with van der Waals surface area (Å²) in [6.07, 6.45) is 5.89. The van der Waals surface area contributed by atoms with Crippen LogP contribution in [0, 0.1) is 0 Å². The molecule has 0 fully saturated rings. The molecule has 0 unspecified atom stereocenters. The zero-order valence-electron chi connectivity index (χ0n) is 8.63. The van der Waals surface area contributed by atoms with Gasteiger partial charge in [-0.1, -0.05) is 19.7 Å². The molecule has 0 spiro atoms. The van der Waals surface area contributed by atoms with Crippen LogP contribution >= 0.6 is 11.8 Å². The van der Waals surface area contributed by atoms with E-state index in [0.717, 1.165) is 16.3 Å². The number of thioether (sulfide) groups is 1. The third-order valence-corrected chi connectivity index (χ3v) is 2.39. The van der Waals surface area contributed by atoms with Crippen LogP contribution in [0.3, 0.4) is 0 Å². The van der Waals surface area contributed by atoms with Gasteiger partial charge in [-0.15, -0.1) is 11.8 Å². The molecule has 13 heavy (non-hydrogen) atoms. The lowest BCUT2D eigenvalue weighted by atomic mass is 10.3. The molecule has 0 rings (SSSR count). The smallest absolute Gasteiger partial charge is 0.0332 e. The minimum Gasteiger partial charge on any atom is -0.350 e. The predicted octanol–water partition coefficient (Wildman–Crippen LogP) is 3.40. The van der Waals surface area contributed by atoms with Crippen molar-refractivity contribution in [2.24, 2.45) is 0 Å². The van der Waals surface area contributed by atoms with Gasteiger partial charge in [0.1, 0.15) is 0 Å². The van der Waals surface area contributed by atoms with Crippen molar-refractivity contribution in [3.8, 4) is 0 Å². The summed E-state index contributed by atoms with van der Waals surface area (Å²) >= 11 is 1.62. The second-order valence-electron chi connectivity index (χ2n) is 2.79. The van der Waals surface area contributed by atoms with Crippen molar-refractivity contribution in [2.45, 2.75) is 6.92 Å². The Kier molecular flexibility index (Phi) is 5.31. The maximum atomic E-state index is 3.91. The van der Waals surface area contributed by atoms with Gasteiger partial charge in [-0.25, -0.2) is 0 Å². The van der Waals surface area contributed by atoms with Crippen LogP contribution in [0.4, 0.5) is 0 Å². The fraction of sp³-hybridized carbons (Fsp3) is 0.273. The van der Waals surface area contributed by atoms with Crippen LogP contribution in [0.5, 0.6) is 0 Å². The lowest BCUT2D eigenvalue weighted by Crippen LogP contribution is -2.11. The standard InChI is InChI=1S/C11H17NS/c1-9(2)12(5)10(3)7-8-11(4)13-6/h7-8H,1,3-4H2,2,5-6H3/b8-7-. The van der Waals surface area contributed by atoms with E-state index in [4.69, 9.17) is 0 Å². The van der Waals surface area contributed by atoms with Gasteiger partial charge in [0.25, 0.3) is 0 Å². The number of hydrogen-bond acceptors (Lipinski definition) is 2. The van der Waals surface area contributed by atoms with E-state index in [0.29, 0.717) is 0 Å². The van der Waals surface area contributed by atoms with Crippen molar-refractivity contribution in [1.29, 1.82) is 0 Å². The van der Waals surface area contributed by atoms with E-state index < -0.39 is 0 Å². The van der Waals surface area contributed by atoms with Crippen molar-refractivity contribution in [3.63, 3.8) is 0 Å². The van der Waals surface area contributed by atoms with Crippen molar-refractivity contribution < 1.29 is 0 Å². The molecular weight excluding hydrogens is 178 g/mol. The molecule has 0 saturated carbocycles. The first kappa shape index (κ1) is 12.1. The van der Waals surface area contributed by atoms with Crippen molar-refractivity contribution in [2.75, 3.05) is 13.3 Å². The summed E-state index contributed by atoms with van der Waals surface area (Å²) in [7, 11) is 1.94. The number of rotatable bonds is 5.